The normalized spacial score (nSPS) is 20.2. The highest BCUT2D eigenvalue weighted by molar-refractivity contribution is 6.41. The number of anilines is 3. The van der Waals surface area contributed by atoms with Crippen molar-refractivity contribution in [1.29, 1.82) is 0 Å². The maximum absolute atomic E-state index is 10.3. The Bertz CT molecular complexity index is 1690. The molecule has 2 aliphatic heterocycles. The molecule has 2 aliphatic rings. The van der Waals surface area contributed by atoms with Gasteiger partial charge in [-0.05, 0) is 25.0 Å². The van der Waals surface area contributed by atoms with Gasteiger partial charge in [-0.2, -0.15) is 5.10 Å². The molecule has 0 radical (unpaired) electrons. The average molecular weight is 671 g/mol. The van der Waals surface area contributed by atoms with E-state index < -0.39 is 6.23 Å². The van der Waals surface area contributed by atoms with E-state index in [-0.39, 0.29) is 18.2 Å². The van der Waals surface area contributed by atoms with E-state index in [1.807, 2.05) is 25.5 Å². The molecule has 244 valence electrons. The molecule has 0 saturated carbocycles. The van der Waals surface area contributed by atoms with Crippen LogP contribution in [-0.2, 0) is 11.8 Å². The number of hydrogen-bond acceptors (Lipinski definition) is 12. The fraction of sp³-hybridized carbons (Fsp3) is 0.419. The topological polar surface area (TPSA) is 144 Å². The Labute approximate surface area is 276 Å². The van der Waals surface area contributed by atoms with Crippen LogP contribution >= 0.6 is 23.2 Å². The van der Waals surface area contributed by atoms with Crippen LogP contribution in [-0.4, -0.2) is 94.7 Å². The molecule has 2 fully saturated rings. The minimum Gasteiger partial charge on any atom is -0.495 e. The first-order valence-electron chi connectivity index (χ1n) is 15.0. The zero-order valence-corrected chi connectivity index (χ0v) is 27.3. The number of aromatic nitrogens is 5. The second-order valence-electron chi connectivity index (χ2n) is 11.3. The molecule has 4 atom stereocenters. The molecule has 0 bridgehead atoms. The number of pyridine rings is 1. The van der Waals surface area contributed by atoms with Crippen molar-refractivity contribution in [2.24, 2.45) is 7.05 Å². The van der Waals surface area contributed by atoms with E-state index in [0.717, 1.165) is 30.5 Å². The molecular formula is C31H37Cl2N9O4. The third kappa shape index (κ3) is 6.65. The number of methoxy groups -OCH3 is 2. The zero-order chi connectivity index (χ0) is 32.4. The van der Waals surface area contributed by atoms with Gasteiger partial charge >= 0.3 is 0 Å². The molecule has 13 nitrogen and oxygen atoms in total. The molecule has 0 aliphatic carbocycles. The standard InChI is InChI=1S/C31H37Cl2N9O4/c1-5-25(43)37-21-15-42(18-12-36-41(2)14-18)16-22(21)39-31-35-11-17-9-20(26-27(32)23(44-3)10-24(45-4)28(26)33)38-30(29(17)40-31)34-13-19-7-6-8-46-19/h5,9-12,14,19,21-22,25,37,43H,1,6-8,13,15-16H2,2-4H3,(H,34,38)(H,35,39,40)/t19?,21-,22+,25?/m0/s1. The van der Waals surface area contributed by atoms with Crippen LogP contribution in [0.4, 0.5) is 17.5 Å². The quantitative estimate of drug-likeness (QED) is 0.127. The Kier molecular flexibility index (Phi) is 9.66. The second kappa shape index (κ2) is 13.9. The first-order chi connectivity index (χ1) is 22.3. The monoisotopic (exact) mass is 669 g/mol. The van der Waals surface area contributed by atoms with Crippen molar-refractivity contribution in [3.05, 3.63) is 53.4 Å². The lowest BCUT2D eigenvalue weighted by atomic mass is 10.1. The maximum atomic E-state index is 10.3. The predicted molar refractivity (Wildman–Crippen MR) is 179 cm³/mol. The van der Waals surface area contributed by atoms with Crippen molar-refractivity contribution in [3.63, 3.8) is 0 Å². The average Bonchev–Trinajstić information content (AvgIpc) is 3.82. The van der Waals surface area contributed by atoms with Crippen LogP contribution in [0.25, 0.3) is 22.2 Å². The summed E-state index contributed by atoms with van der Waals surface area (Å²) < 4.78 is 18.6. The first-order valence-corrected chi connectivity index (χ1v) is 15.7. The fourth-order valence-electron chi connectivity index (χ4n) is 5.84. The minimum atomic E-state index is -0.870. The molecule has 5 heterocycles. The Morgan fingerprint density at radius 1 is 1.13 bits per heavy atom. The van der Waals surface area contributed by atoms with E-state index in [1.165, 1.54) is 20.3 Å². The van der Waals surface area contributed by atoms with Crippen LogP contribution in [0.5, 0.6) is 11.5 Å². The first kappa shape index (κ1) is 32.1. The Hall–Kier alpha value is -3.88. The van der Waals surface area contributed by atoms with E-state index in [2.05, 4.69) is 37.5 Å². The van der Waals surface area contributed by atoms with Gasteiger partial charge in [-0.3, -0.25) is 10.00 Å². The van der Waals surface area contributed by atoms with E-state index in [0.29, 0.717) is 69.7 Å². The molecule has 2 saturated heterocycles. The van der Waals surface area contributed by atoms with Crippen LogP contribution in [0.15, 0.2) is 43.4 Å². The third-order valence-electron chi connectivity index (χ3n) is 8.22. The third-order valence-corrected chi connectivity index (χ3v) is 8.97. The number of aryl methyl sites for hydroxylation is 1. The number of aliphatic hydroxyl groups is 1. The van der Waals surface area contributed by atoms with Gasteiger partial charge in [0.15, 0.2) is 5.82 Å². The van der Waals surface area contributed by atoms with Crippen LogP contribution in [0, 0.1) is 0 Å². The Morgan fingerprint density at radius 3 is 2.54 bits per heavy atom. The van der Waals surface area contributed by atoms with Crippen molar-refractivity contribution >= 4 is 51.6 Å². The summed E-state index contributed by atoms with van der Waals surface area (Å²) >= 11 is 13.5. The van der Waals surface area contributed by atoms with Crippen molar-refractivity contribution in [1.82, 2.24) is 30.0 Å². The van der Waals surface area contributed by atoms with Crippen LogP contribution in [0.2, 0.25) is 10.0 Å². The molecule has 15 heteroatoms. The molecule has 0 spiro atoms. The number of halogens is 2. The van der Waals surface area contributed by atoms with Gasteiger partial charge in [0.05, 0.1) is 54.0 Å². The maximum Gasteiger partial charge on any atom is 0.223 e. The fourth-order valence-corrected chi connectivity index (χ4v) is 6.54. The summed E-state index contributed by atoms with van der Waals surface area (Å²) in [5.41, 5.74) is 2.57. The number of aliphatic hydroxyl groups excluding tert-OH is 1. The zero-order valence-electron chi connectivity index (χ0n) is 25.8. The summed E-state index contributed by atoms with van der Waals surface area (Å²) in [6.45, 7) is 6.25. The lowest BCUT2D eigenvalue weighted by molar-refractivity contribution is 0.120. The Morgan fingerprint density at radius 2 is 1.89 bits per heavy atom. The summed E-state index contributed by atoms with van der Waals surface area (Å²) in [6, 6.07) is 3.19. The summed E-state index contributed by atoms with van der Waals surface area (Å²) in [5, 5.41) is 26.1. The van der Waals surface area contributed by atoms with Crippen LogP contribution < -0.4 is 30.3 Å². The lowest BCUT2D eigenvalue weighted by Crippen LogP contribution is -2.47. The molecule has 1 aromatic carbocycles. The van der Waals surface area contributed by atoms with Crippen LogP contribution in [0.1, 0.15) is 12.8 Å². The summed E-state index contributed by atoms with van der Waals surface area (Å²) in [5.74, 6) is 1.76. The van der Waals surface area contributed by atoms with Crippen molar-refractivity contribution < 1.29 is 19.3 Å². The van der Waals surface area contributed by atoms with Gasteiger partial charge in [-0.25, -0.2) is 15.0 Å². The summed E-state index contributed by atoms with van der Waals surface area (Å²) in [7, 11) is 4.94. The van der Waals surface area contributed by atoms with Gasteiger partial charge in [0.25, 0.3) is 0 Å². The number of benzene rings is 1. The van der Waals surface area contributed by atoms with E-state index in [4.69, 9.17) is 47.4 Å². The summed E-state index contributed by atoms with van der Waals surface area (Å²) in [4.78, 5) is 16.7. The number of nitrogens with zero attached hydrogens (tertiary/aromatic N) is 6. The van der Waals surface area contributed by atoms with Gasteiger partial charge in [-0.15, -0.1) is 0 Å². The van der Waals surface area contributed by atoms with Gasteiger partial charge < -0.3 is 34.9 Å². The van der Waals surface area contributed by atoms with Gasteiger partial charge in [0.1, 0.15) is 23.2 Å². The van der Waals surface area contributed by atoms with Crippen molar-refractivity contribution in [2.75, 3.05) is 56.0 Å². The number of rotatable bonds is 12. The lowest BCUT2D eigenvalue weighted by Gasteiger charge is -2.22. The molecule has 6 rings (SSSR count). The number of nitrogens with one attached hydrogen (secondary N) is 3. The molecular weight excluding hydrogens is 633 g/mol. The molecule has 2 unspecified atom stereocenters. The van der Waals surface area contributed by atoms with Gasteiger partial charge in [-0.1, -0.05) is 29.8 Å². The summed E-state index contributed by atoms with van der Waals surface area (Å²) in [6.07, 6.45) is 8.14. The van der Waals surface area contributed by atoms with Gasteiger partial charge in [0.2, 0.25) is 5.95 Å². The highest BCUT2D eigenvalue weighted by Crippen LogP contribution is 2.46. The highest BCUT2D eigenvalue weighted by Gasteiger charge is 2.35. The molecule has 46 heavy (non-hydrogen) atoms. The number of ether oxygens (including phenoxy) is 3. The Balaban J connectivity index is 1.37. The van der Waals surface area contributed by atoms with Crippen molar-refractivity contribution in [3.8, 4) is 22.8 Å². The highest BCUT2D eigenvalue weighted by atomic mass is 35.5. The smallest absolute Gasteiger partial charge is 0.223 e. The van der Waals surface area contributed by atoms with Crippen molar-refractivity contribution in [2.45, 2.75) is 37.3 Å². The minimum absolute atomic E-state index is 0.0593. The molecule has 0 amide bonds. The predicted octanol–water partition coefficient (Wildman–Crippen LogP) is 4.10. The second-order valence-corrected chi connectivity index (χ2v) is 12.0. The molecule has 4 N–H and O–H groups in total. The van der Waals surface area contributed by atoms with E-state index in [9.17, 15) is 5.11 Å². The number of fused-ring (bicyclic) bond motifs is 1. The number of hydrogen-bond donors (Lipinski definition) is 4. The van der Waals surface area contributed by atoms with Gasteiger partial charge in [0, 0.05) is 68.7 Å². The SMILES string of the molecule is C=CC(O)N[C@H]1CN(c2cnn(C)c2)C[C@H]1Nc1ncc2cc(-c3c(Cl)c(OC)cc(OC)c3Cl)nc(NCC3CCCO3)c2n1. The van der Waals surface area contributed by atoms with E-state index in [1.54, 1.807) is 16.9 Å². The largest absolute Gasteiger partial charge is 0.495 e. The van der Waals surface area contributed by atoms with Crippen LogP contribution in [0.3, 0.4) is 0 Å². The molecule has 4 aromatic rings. The molecule has 3 aromatic heterocycles. The van der Waals surface area contributed by atoms with E-state index >= 15 is 0 Å².